The van der Waals surface area contributed by atoms with Gasteiger partial charge in [0.1, 0.15) is 0 Å². The molecular formula is C16H31N3. The molecule has 3 aliphatic rings. The van der Waals surface area contributed by atoms with Crippen LogP contribution in [0.2, 0.25) is 0 Å². The normalized spacial score (nSPS) is 42.0. The fourth-order valence-electron chi connectivity index (χ4n) is 4.62. The first kappa shape index (κ1) is 13.8. The highest BCUT2D eigenvalue weighted by Crippen LogP contribution is 2.33. The maximum absolute atomic E-state index is 6.04. The molecule has 19 heavy (non-hydrogen) atoms. The Labute approximate surface area is 118 Å². The summed E-state index contributed by atoms with van der Waals surface area (Å²) in [5.41, 5.74) is 6.04. The van der Waals surface area contributed by atoms with Crippen molar-refractivity contribution < 1.29 is 0 Å². The van der Waals surface area contributed by atoms with E-state index in [4.69, 9.17) is 5.73 Å². The number of hydrogen-bond acceptors (Lipinski definition) is 3. The van der Waals surface area contributed by atoms with Gasteiger partial charge in [-0.05, 0) is 50.6 Å². The van der Waals surface area contributed by atoms with Gasteiger partial charge in [-0.25, -0.2) is 0 Å². The first-order valence-electron chi connectivity index (χ1n) is 8.46. The first-order valence-corrected chi connectivity index (χ1v) is 8.46. The van der Waals surface area contributed by atoms with E-state index in [1.165, 1.54) is 64.7 Å². The average molecular weight is 265 g/mol. The van der Waals surface area contributed by atoms with Crippen LogP contribution < -0.4 is 5.73 Å². The number of piperidine rings is 1. The molecule has 4 unspecified atom stereocenters. The molecule has 3 nitrogen and oxygen atoms in total. The van der Waals surface area contributed by atoms with Gasteiger partial charge in [0.05, 0.1) is 0 Å². The molecule has 0 aromatic carbocycles. The molecule has 3 fully saturated rings. The van der Waals surface area contributed by atoms with E-state index in [1.54, 1.807) is 0 Å². The van der Waals surface area contributed by atoms with Crippen molar-refractivity contribution in [3.63, 3.8) is 0 Å². The van der Waals surface area contributed by atoms with E-state index in [2.05, 4.69) is 16.7 Å². The topological polar surface area (TPSA) is 32.5 Å². The van der Waals surface area contributed by atoms with Gasteiger partial charge in [-0.2, -0.15) is 0 Å². The van der Waals surface area contributed by atoms with Crippen LogP contribution in [0.4, 0.5) is 0 Å². The fraction of sp³-hybridized carbons (Fsp3) is 1.00. The molecule has 2 N–H and O–H groups in total. The minimum Gasteiger partial charge on any atom is -0.330 e. The maximum Gasteiger partial charge on any atom is 0.0223 e. The molecule has 0 spiro atoms. The predicted molar refractivity (Wildman–Crippen MR) is 80.1 cm³/mol. The van der Waals surface area contributed by atoms with Crippen LogP contribution in [-0.4, -0.2) is 54.6 Å². The number of piperazine rings is 1. The summed E-state index contributed by atoms with van der Waals surface area (Å²) in [6.07, 6.45) is 8.41. The number of hydrogen-bond donors (Lipinski definition) is 1. The molecule has 0 amide bonds. The van der Waals surface area contributed by atoms with Crippen LogP contribution >= 0.6 is 0 Å². The van der Waals surface area contributed by atoms with Gasteiger partial charge < -0.3 is 5.73 Å². The van der Waals surface area contributed by atoms with Crippen molar-refractivity contribution in [1.82, 2.24) is 9.80 Å². The first-order chi connectivity index (χ1) is 9.28. The van der Waals surface area contributed by atoms with Crippen LogP contribution in [0.15, 0.2) is 0 Å². The Morgan fingerprint density at radius 2 is 1.84 bits per heavy atom. The zero-order chi connectivity index (χ0) is 13.2. The minimum absolute atomic E-state index is 0.756. The molecule has 2 saturated heterocycles. The van der Waals surface area contributed by atoms with Gasteiger partial charge in [-0.1, -0.05) is 19.8 Å². The molecule has 1 aliphatic carbocycles. The SMILES string of the molecule is CC1CCC(CN)C(N2CCN3CCCCC3C2)C1. The van der Waals surface area contributed by atoms with Crippen molar-refractivity contribution in [3.8, 4) is 0 Å². The van der Waals surface area contributed by atoms with Crippen LogP contribution in [0.1, 0.15) is 45.4 Å². The number of nitrogens with zero attached hydrogens (tertiary/aromatic N) is 2. The average Bonchev–Trinajstić information content (AvgIpc) is 2.46. The highest BCUT2D eigenvalue weighted by atomic mass is 15.3. The molecule has 0 bridgehead atoms. The lowest BCUT2D eigenvalue weighted by Gasteiger charge is -2.49. The van der Waals surface area contributed by atoms with E-state index in [0.717, 1.165) is 30.5 Å². The minimum atomic E-state index is 0.756. The second-order valence-corrected chi connectivity index (χ2v) is 7.16. The van der Waals surface area contributed by atoms with Crippen molar-refractivity contribution in [2.24, 2.45) is 17.6 Å². The van der Waals surface area contributed by atoms with Crippen LogP contribution in [0.5, 0.6) is 0 Å². The Hall–Kier alpha value is -0.120. The summed E-state index contributed by atoms with van der Waals surface area (Å²) in [4.78, 5) is 5.55. The highest BCUT2D eigenvalue weighted by molar-refractivity contribution is 4.92. The number of fused-ring (bicyclic) bond motifs is 1. The lowest BCUT2D eigenvalue weighted by atomic mass is 9.77. The molecule has 4 atom stereocenters. The fourth-order valence-corrected chi connectivity index (χ4v) is 4.62. The summed E-state index contributed by atoms with van der Waals surface area (Å²) in [5, 5.41) is 0. The van der Waals surface area contributed by atoms with Gasteiger partial charge in [-0.3, -0.25) is 9.80 Å². The zero-order valence-corrected chi connectivity index (χ0v) is 12.6. The standard InChI is InChI=1S/C16H31N3/c1-13-5-6-14(11-17)16(10-13)19-9-8-18-7-3-2-4-15(18)12-19/h13-16H,2-12,17H2,1H3. The molecule has 3 heteroatoms. The molecule has 0 aromatic rings. The summed E-state index contributed by atoms with van der Waals surface area (Å²) >= 11 is 0. The zero-order valence-electron chi connectivity index (χ0n) is 12.6. The Bertz CT molecular complexity index is 294. The number of rotatable bonds is 2. The van der Waals surface area contributed by atoms with Gasteiger partial charge in [0.25, 0.3) is 0 Å². The van der Waals surface area contributed by atoms with Gasteiger partial charge in [0.2, 0.25) is 0 Å². The molecule has 0 aromatic heterocycles. The highest BCUT2D eigenvalue weighted by Gasteiger charge is 2.37. The van der Waals surface area contributed by atoms with Gasteiger partial charge >= 0.3 is 0 Å². The van der Waals surface area contributed by atoms with Crippen LogP contribution in [0.3, 0.4) is 0 Å². The molecule has 2 heterocycles. The van der Waals surface area contributed by atoms with Gasteiger partial charge in [0.15, 0.2) is 0 Å². The molecule has 110 valence electrons. The Balaban J connectivity index is 1.64. The van der Waals surface area contributed by atoms with Crippen molar-refractivity contribution >= 4 is 0 Å². The third-order valence-electron chi connectivity index (χ3n) is 5.86. The summed E-state index contributed by atoms with van der Waals surface area (Å²) in [6, 6.07) is 1.62. The van der Waals surface area contributed by atoms with E-state index in [-0.39, 0.29) is 0 Å². The largest absolute Gasteiger partial charge is 0.330 e. The molecule has 2 aliphatic heterocycles. The predicted octanol–water partition coefficient (Wildman–Crippen LogP) is 1.92. The van der Waals surface area contributed by atoms with Crippen LogP contribution in [-0.2, 0) is 0 Å². The van der Waals surface area contributed by atoms with Crippen LogP contribution in [0.25, 0.3) is 0 Å². The quantitative estimate of drug-likeness (QED) is 0.828. The summed E-state index contributed by atoms with van der Waals surface area (Å²) in [5.74, 6) is 1.66. The van der Waals surface area contributed by atoms with Gasteiger partial charge in [0, 0.05) is 31.7 Å². The van der Waals surface area contributed by atoms with E-state index in [9.17, 15) is 0 Å². The summed E-state index contributed by atoms with van der Waals surface area (Å²) in [6.45, 7) is 8.56. The lowest BCUT2D eigenvalue weighted by Crippen LogP contribution is -2.59. The Kier molecular flexibility index (Phi) is 4.45. The van der Waals surface area contributed by atoms with Crippen molar-refractivity contribution in [1.29, 1.82) is 0 Å². The summed E-state index contributed by atoms with van der Waals surface area (Å²) < 4.78 is 0. The van der Waals surface area contributed by atoms with Crippen molar-refractivity contribution in [2.75, 3.05) is 32.7 Å². The van der Waals surface area contributed by atoms with E-state index in [0.29, 0.717) is 0 Å². The lowest BCUT2D eigenvalue weighted by molar-refractivity contribution is -0.00398. The number of nitrogens with two attached hydrogens (primary N) is 1. The molecule has 0 radical (unpaired) electrons. The monoisotopic (exact) mass is 265 g/mol. The maximum atomic E-state index is 6.04. The smallest absolute Gasteiger partial charge is 0.0223 e. The second-order valence-electron chi connectivity index (χ2n) is 7.16. The Morgan fingerprint density at radius 1 is 1.00 bits per heavy atom. The molecule has 3 rings (SSSR count). The van der Waals surface area contributed by atoms with Crippen molar-refractivity contribution in [3.05, 3.63) is 0 Å². The summed E-state index contributed by atoms with van der Waals surface area (Å²) in [7, 11) is 0. The van der Waals surface area contributed by atoms with E-state index in [1.807, 2.05) is 0 Å². The van der Waals surface area contributed by atoms with Crippen molar-refractivity contribution in [2.45, 2.75) is 57.5 Å². The van der Waals surface area contributed by atoms with Gasteiger partial charge in [-0.15, -0.1) is 0 Å². The second kappa shape index (κ2) is 6.11. The molecule has 1 saturated carbocycles. The third kappa shape index (κ3) is 2.98. The Morgan fingerprint density at radius 3 is 2.68 bits per heavy atom. The van der Waals surface area contributed by atoms with E-state index >= 15 is 0 Å². The van der Waals surface area contributed by atoms with E-state index < -0.39 is 0 Å². The van der Waals surface area contributed by atoms with Crippen LogP contribution in [0, 0.1) is 11.8 Å². The third-order valence-corrected chi connectivity index (χ3v) is 5.86. The molecular weight excluding hydrogens is 234 g/mol.